The summed E-state index contributed by atoms with van der Waals surface area (Å²) in [6, 6.07) is 12.0. The van der Waals surface area contributed by atoms with Crippen molar-refractivity contribution in [2.45, 2.75) is 37.8 Å². The van der Waals surface area contributed by atoms with Crippen LogP contribution in [0, 0.1) is 5.82 Å². The van der Waals surface area contributed by atoms with Crippen LogP contribution in [0.3, 0.4) is 0 Å². The van der Waals surface area contributed by atoms with Gasteiger partial charge in [0.2, 0.25) is 0 Å². The van der Waals surface area contributed by atoms with E-state index in [2.05, 4.69) is 15.4 Å². The lowest BCUT2D eigenvalue weighted by atomic mass is 9.92. The third-order valence-electron chi connectivity index (χ3n) is 6.16. The molecule has 0 saturated heterocycles. The van der Waals surface area contributed by atoms with E-state index in [4.69, 9.17) is 0 Å². The molecule has 2 atom stereocenters. The van der Waals surface area contributed by atoms with Gasteiger partial charge in [-0.2, -0.15) is 18.3 Å². The van der Waals surface area contributed by atoms with Gasteiger partial charge in [0.05, 0.1) is 34.3 Å². The number of β-amino-alcohol motifs (C(OH)–C–C–N with tert-alkyl or cyclic N) is 1. The monoisotopic (exact) mass is 486 g/mol. The first-order valence-electron chi connectivity index (χ1n) is 10.9. The molecule has 3 N–H and O–H groups in total. The van der Waals surface area contributed by atoms with Crippen LogP contribution in [0.25, 0.3) is 16.9 Å². The minimum absolute atomic E-state index is 0.0263. The number of hydrogen-bond donors (Lipinski definition) is 3. The Morgan fingerprint density at radius 1 is 1.03 bits per heavy atom. The number of halogens is 4. The summed E-state index contributed by atoms with van der Waals surface area (Å²) in [7, 11) is 0. The van der Waals surface area contributed by atoms with Crippen molar-refractivity contribution in [3.05, 3.63) is 88.5 Å². The fourth-order valence-electron chi connectivity index (χ4n) is 4.39. The Morgan fingerprint density at radius 2 is 1.74 bits per heavy atom. The van der Waals surface area contributed by atoms with Crippen LogP contribution in [-0.2, 0) is 11.8 Å². The van der Waals surface area contributed by atoms with Crippen LogP contribution in [0.15, 0.2) is 54.6 Å². The van der Waals surface area contributed by atoms with Crippen molar-refractivity contribution in [2.24, 2.45) is 0 Å². The van der Waals surface area contributed by atoms with Gasteiger partial charge in [-0.15, -0.1) is 0 Å². The number of benzene rings is 2. The lowest BCUT2D eigenvalue weighted by Crippen LogP contribution is -2.35. The second-order valence-corrected chi connectivity index (χ2v) is 9.09. The van der Waals surface area contributed by atoms with Gasteiger partial charge in [-0.05, 0) is 49.2 Å². The fourth-order valence-corrected chi connectivity index (χ4v) is 4.39. The summed E-state index contributed by atoms with van der Waals surface area (Å²) in [6.07, 6.45) is -5.83. The normalized spacial score (nSPS) is 18.6. The highest BCUT2D eigenvalue weighted by atomic mass is 19.4. The van der Waals surface area contributed by atoms with Crippen LogP contribution in [0.2, 0.25) is 0 Å². The summed E-state index contributed by atoms with van der Waals surface area (Å²) in [5.74, 6) is -0.995. The van der Waals surface area contributed by atoms with Gasteiger partial charge < -0.3 is 15.5 Å². The Morgan fingerprint density at radius 3 is 2.40 bits per heavy atom. The molecule has 0 fully saturated rings. The zero-order valence-electron chi connectivity index (χ0n) is 18.8. The number of imidazole rings is 1. The Bertz CT molecular complexity index is 1410. The minimum Gasteiger partial charge on any atom is -0.386 e. The molecular formula is C25H22F4N4O2. The first-order chi connectivity index (χ1) is 16.4. The highest BCUT2D eigenvalue weighted by Crippen LogP contribution is 2.40. The van der Waals surface area contributed by atoms with Gasteiger partial charge in [0.25, 0.3) is 0 Å². The maximum atomic E-state index is 13.8. The van der Waals surface area contributed by atoms with Crippen molar-refractivity contribution in [1.82, 2.24) is 19.9 Å². The molecule has 0 saturated carbocycles. The number of nitrogens with one attached hydrogen (secondary N) is 1. The van der Waals surface area contributed by atoms with Crippen molar-refractivity contribution >= 4 is 5.65 Å². The highest BCUT2D eigenvalue weighted by Gasteiger charge is 2.40. The van der Waals surface area contributed by atoms with E-state index in [0.29, 0.717) is 23.0 Å². The predicted octanol–water partition coefficient (Wildman–Crippen LogP) is 4.51. The molecule has 4 aromatic rings. The van der Waals surface area contributed by atoms with Gasteiger partial charge in [-0.1, -0.05) is 30.3 Å². The number of hydrogen-bond acceptors (Lipinski definition) is 5. The second-order valence-electron chi connectivity index (χ2n) is 9.09. The summed E-state index contributed by atoms with van der Waals surface area (Å²) in [5, 5.41) is 28.3. The van der Waals surface area contributed by atoms with Crippen LogP contribution in [-0.4, -0.2) is 31.4 Å². The molecule has 0 spiro atoms. The van der Waals surface area contributed by atoms with Crippen molar-refractivity contribution in [2.75, 3.05) is 6.54 Å². The summed E-state index contributed by atoms with van der Waals surface area (Å²) in [4.78, 5) is 4.42. The SMILES string of the molecule is CC(C)(O)c1ccc(-c2ccc3nc4c(n3n2)[C@H](c2ccc(F)cc2C(F)(F)F)NC[C@H]4O)cc1. The third kappa shape index (κ3) is 4.18. The quantitative estimate of drug-likeness (QED) is 0.372. The van der Waals surface area contributed by atoms with Gasteiger partial charge in [0, 0.05) is 12.1 Å². The molecule has 0 bridgehead atoms. The Kier molecular flexibility index (Phi) is 5.42. The summed E-state index contributed by atoms with van der Waals surface area (Å²) < 4.78 is 56.5. The number of fused-ring (bicyclic) bond motifs is 3. The number of nitrogens with zero attached hydrogens (tertiary/aromatic N) is 3. The van der Waals surface area contributed by atoms with Crippen LogP contribution in [0.4, 0.5) is 17.6 Å². The largest absolute Gasteiger partial charge is 0.416 e. The van der Waals surface area contributed by atoms with Gasteiger partial charge in [0.15, 0.2) is 5.65 Å². The molecule has 2 aromatic carbocycles. The maximum Gasteiger partial charge on any atom is 0.416 e. The van der Waals surface area contributed by atoms with E-state index in [0.717, 1.165) is 17.7 Å². The Balaban J connectivity index is 1.67. The number of aliphatic hydroxyl groups is 2. The lowest BCUT2D eigenvalue weighted by Gasteiger charge is -2.29. The van der Waals surface area contributed by atoms with Crippen LogP contribution in [0.1, 0.15) is 54.1 Å². The maximum absolute atomic E-state index is 13.8. The summed E-state index contributed by atoms with van der Waals surface area (Å²) in [5.41, 5.74) is 0.482. The Hall–Kier alpha value is -3.34. The molecule has 3 heterocycles. The van der Waals surface area contributed by atoms with E-state index in [1.54, 1.807) is 50.2 Å². The predicted molar refractivity (Wildman–Crippen MR) is 120 cm³/mol. The molecule has 6 nitrogen and oxygen atoms in total. The van der Waals surface area contributed by atoms with Gasteiger partial charge >= 0.3 is 6.18 Å². The highest BCUT2D eigenvalue weighted by molar-refractivity contribution is 5.61. The molecular weight excluding hydrogens is 464 g/mol. The van der Waals surface area contributed by atoms with Crippen molar-refractivity contribution in [3.63, 3.8) is 0 Å². The topological polar surface area (TPSA) is 82.7 Å². The molecule has 0 aliphatic carbocycles. The van der Waals surface area contributed by atoms with E-state index >= 15 is 0 Å². The first kappa shape index (κ1) is 23.4. The van der Waals surface area contributed by atoms with E-state index in [1.165, 1.54) is 4.52 Å². The van der Waals surface area contributed by atoms with Crippen LogP contribution in [0.5, 0.6) is 0 Å². The van der Waals surface area contributed by atoms with E-state index < -0.39 is 35.3 Å². The van der Waals surface area contributed by atoms with E-state index in [-0.39, 0.29) is 23.5 Å². The average Bonchev–Trinajstić information content (AvgIpc) is 3.18. The number of aliphatic hydroxyl groups excluding tert-OH is 1. The molecule has 2 aromatic heterocycles. The van der Waals surface area contributed by atoms with Crippen molar-refractivity contribution in [3.8, 4) is 11.3 Å². The molecule has 10 heteroatoms. The van der Waals surface area contributed by atoms with Gasteiger partial charge in [-0.25, -0.2) is 13.9 Å². The van der Waals surface area contributed by atoms with Crippen molar-refractivity contribution in [1.29, 1.82) is 0 Å². The molecule has 35 heavy (non-hydrogen) atoms. The smallest absolute Gasteiger partial charge is 0.386 e. The first-order valence-corrected chi connectivity index (χ1v) is 10.9. The molecule has 0 radical (unpaired) electrons. The summed E-state index contributed by atoms with van der Waals surface area (Å²) >= 11 is 0. The average molecular weight is 486 g/mol. The van der Waals surface area contributed by atoms with E-state index in [1.807, 2.05) is 0 Å². The molecule has 5 rings (SSSR count). The van der Waals surface area contributed by atoms with E-state index in [9.17, 15) is 27.8 Å². The number of alkyl halides is 3. The Labute approximate surface area is 197 Å². The minimum atomic E-state index is -4.78. The van der Waals surface area contributed by atoms with Crippen molar-refractivity contribution < 1.29 is 27.8 Å². The molecule has 1 aliphatic rings. The van der Waals surface area contributed by atoms with Crippen LogP contribution >= 0.6 is 0 Å². The van der Waals surface area contributed by atoms with Gasteiger partial charge in [0.1, 0.15) is 11.9 Å². The molecule has 0 amide bonds. The molecule has 1 aliphatic heterocycles. The number of aromatic nitrogens is 3. The zero-order valence-corrected chi connectivity index (χ0v) is 18.8. The lowest BCUT2D eigenvalue weighted by molar-refractivity contribution is -0.138. The molecule has 182 valence electrons. The fraction of sp³-hybridized carbons (Fsp3) is 0.280. The number of rotatable bonds is 3. The van der Waals surface area contributed by atoms with Crippen LogP contribution < -0.4 is 5.32 Å². The summed E-state index contributed by atoms with van der Waals surface area (Å²) in [6.45, 7) is 3.32. The second kappa shape index (κ2) is 8.11. The van der Waals surface area contributed by atoms with Gasteiger partial charge in [-0.3, -0.25) is 0 Å². The standard InChI is InChI=1S/C25H22F4N4O2/c1-24(2,35)14-5-3-13(4-6-14)18-9-10-20-31-22-19(34)12-30-21(23(22)33(20)32-18)16-8-7-15(26)11-17(16)25(27,28)29/h3-11,19,21,30,34-35H,12H2,1-2H3/t19-,21+/m1/s1. The third-order valence-corrected chi connectivity index (χ3v) is 6.16. The molecule has 0 unspecified atom stereocenters. The zero-order chi connectivity index (χ0) is 25.1.